The Morgan fingerprint density at radius 3 is 2.68 bits per heavy atom. The summed E-state index contributed by atoms with van der Waals surface area (Å²) >= 11 is 0. The van der Waals surface area contributed by atoms with Crippen molar-refractivity contribution >= 4 is 18.2 Å². The van der Waals surface area contributed by atoms with E-state index in [4.69, 9.17) is 4.74 Å². The molecule has 1 N–H and O–H groups in total. The highest BCUT2D eigenvalue weighted by molar-refractivity contribution is 6.01. The lowest BCUT2D eigenvalue weighted by Gasteiger charge is -2.32. The summed E-state index contributed by atoms with van der Waals surface area (Å²) in [7, 11) is 0. The van der Waals surface area contributed by atoms with Crippen LogP contribution >= 0.6 is 0 Å². The van der Waals surface area contributed by atoms with Crippen LogP contribution in [0.25, 0.3) is 0 Å². The maximum Gasteiger partial charge on any atom is 0.407 e. The largest absolute Gasteiger partial charge is 0.445 e. The molecule has 5 nitrogen and oxygen atoms in total. The van der Waals surface area contributed by atoms with Crippen LogP contribution < -0.4 is 5.32 Å². The van der Waals surface area contributed by atoms with E-state index >= 15 is 0 Å². The first kappa shape index (κ1) is 15.9. The van der Waals surface area contributed by atoms with E-state index < -0.39 is 17.6 Å². The summed E-state index contributed by atoms with van der Waals surface area (Å²) in [6.07, 6.45) is 2.88. The molecule has 1 aromatic rings. The smallest absolute Gasteiger partial charge is 0.407 e. The summed E-state index contributed by atoms with van der Waals surface area (Å²) < 4.78 is 4.93. The summed E-state index contributed by atoms with van der Waals surface area (Å²) in [5.74, 6) is -0.139. The van der Waals surface area contributed by atoms with Gasteiger partial charge in [0.05, 0.1) is 6.04 Å². The van der Waals surface area contributed by atoms with Gasteiger partial charge < -0.3 is 14.8 Å². The van der Waals surface area contributed by atoms with Gasteiger partial charge in [0, 0.05) is 6.42 Å². The first-order valence-corrected chi connectivity index (χ1v) is 7.23. The minimum absolute atomic E-state index is 0.0649. The Labute approximate surface area is 129 Å². The van der Waals surface area contributed by atoms with Crippen LogP contribution in [0.15, 0.2) is 43.0 Å². The van der Waals surface area contributed by atoms with Crippen LogP contribution in [-0.4, -0.2) is 24.8 Å². The van der Waals surface area contributed by atoms with Crippen LogP contribution in [0.3, 0.4) is 0 Å². The Morgan fingerprint density at radius 1 is 1.41 bits per heavy atom. The summed E-state index contributed by atoms with van der Waals surface area (Å²) in [5.41, 5.74) is -0.505. The van der Waals surface area contributed by atoms with Crippen molar-refractivity contribution in [1.29, 1.82) is 0 Å². The van der Waals surface area contributed by atoms with E-state index in [0.29, 0.717) is 31.1 Å². The van der Waals surface area contributed by atoms with Crippen molar-refractivity contribution in [3.63, 3.8) is 0 Å². The molecule has 1 aliphatic rings. The molecule has 0 spiro atoms. The fourth-order valence-electron chi connectivity index (χ4n) is 2.86. The van der Waals surface area contributed by atoms with Crippen molar-refractivity contribution in [2.24, 2.45) is 5.41 Å². The molecule has 1 aliphatic carbocycles. The average molecular weight is 301 g/mol. The highest BCUT2D eigenvalue weighted by atomic mass is 16.5. The first-order valence-electron chi connectivity index (χ1n) is 7.23. The number of alkyl carbamates (subject to hydrolysis) is 1. The number of nitrogens with one attached hydrogen (secondary N) is 1. The van der Waals surface area contributed by atoms with E-state index in [1.807, 2.05) is 6.07 Å². The number of rotatable bonds is 6. The van der Waals surface area contributed by atoms with E-state index in [1.165, 1.54) is 6.08 Å². The van der Waals surface area contributed by atoms with E-state index in [-0.39, 0.29) is 12.4 Å². The molecular formula is C17H19NO4. The second-order valence-electron chi connectivity index (χ2n) is 5.31. The van der Waals surface area contributed by atoms with Gasteiger partial charge in [-0.2, -0.15) is 0 Å². The second-order valence-corrected chi connectivity index (χ2v) is 5.31. The highest BCUT2D eigenvalue weighted by Crippen LogP contribution is 2.43. The molecule has 1 saturated carbocycles. The van der Waals surface area contributed by atoms with Crippen LogP contribution in [0.2, 0.25) is 0 Å². The number of hydrogen-bond acceptors (Lipinski definition) is 4. The minimum atomic E-state index is -1.21. The van der Waals surface area contributed by atoms with Gasteiger partial charge in [0.15, 0.2) is 0 Å². The lowest BCUT2D eigenvalue weighted by molar-refractivity contribution is -0.133. The zero-order chi connectivity index (χ0) is 16.0. The molecule has 0 aliphatic heterocycles. The van der Waals surface area contributed by atoms with E-state index in [0.717, 1.165) is 0 Å². The Morgan fingerprint density at radius 2 is 2.14 bits per heavy atom. The Hall–Kier alpha value is -2.43. The zero-order valence-corrected chi connectivity index (χ0v) is 12.3. The summed E-state index contributed by atoms with van der Waals surface area (Å²) in [6, 6.07) is 8.29. The Kier molecular flexibility index (Phi) is 5.09. The predicted molar refractivity (Wildman–Crippen MR) is 81.2 cm³/mol. The first-order chi connectivity index (χ1) is 10.6. The number of benzene rings is 1. The van der Waals surface area contributed by atoms with Gasteiger partial charge in [0.25, 0.3) is 0 Å². The van der Waals surface area contributed by atoms with Crippen LogP contribution in [0, 0.1) is 5.41 Å². The molecule has 2 unspecified atom stereocenters. The van der Waals surface area contributed by atoms with Gasteiger partial charge in [-0.3, -0.25) is 4.79 Å². The van der Waals surface area contributed by atoms with Crippen molar-refractivity contribution in [3.05, 3.63) is 48.6 Å². The van der Waals surface area contributed by atoms with Gasteiger partial charge in [-0.05, 0) is 18.4 Å². The molecule has 0 bridgehead atoms. The molecule has 5 heteroatoms. The van der Waals surface area contributed by atoms with E-state index in [9.17, 15) is 14.4 Å². The molecule has 2 rings (SSSR count). The fourth-order valence-corrected chi connectivity index (χ4v) is 2.86. The molecular weight excluding hydrogens is 282 g/mol. The molecule has 0 saturated heterocycles. The third-order valence-electron chi connectivity index (χ3n) is 3.97. The SMILES string of the molecule is C=CCOC(=O)NC(c1ccccc1)C1(C=O)CCCC1=O. The number of ketones is 1. The molecule has 0 radical (unpaired) electrons. The minimum Gasteiger partial charge on any atom is -0.445 e. The van der Waals surface area contributed by atoms with Crippen LogP contribution in [0.4, 0.5) is 4.79 Å². The van der Waals surface area contributed by atoms with Gasteiger partial charge in [-0.25, -0.2) is 4.79 Å². The summed E-state index contributed by atoms with van der Waals surface area (Å²) in [6.45, 7) is 3.54. The molecule has 1 aromatic carbocycles. The van der Waals surface area contributed by atoms with Crippen molar-refractivity contribution in [2.45, 2.75) is 25.3 Å². The van der Waals surface area contributed by atoms with Crippen LogP contribution in [0.5, 0.6) is 0 Å². The van der Waals surface area contributed by atoms with E-state index in [1.54, 1.807) is 24.3 Å². The van der Waals surface area contributed by atoms with Crippen molar-refractivity contribution in [2.75, 3.05) is 6.61 Å². The fraction of sp³-hybridized carbons (Fsp3) is 0.353. The predicted octanol–water partition coefficient (Wildman–Crippen LogP) is 2.58. The Balaban J connectivity index is 2.33. The van der Waals surface area contributed by atoms with Crippen molar-refractivity contribution in [1.82, 2.24) is 5.32 Å². The number of carbonyl (C=O) groups excluding carboxylic acids is 3. The lowest BCUT2D eigenvalue weighted by Crippen LogP contribution is -2.45. The monoisotopic (exact) mass is 301 g/mol. The maximum absolute atomic E-state index is 12.3. The van der Waals surface area contributed by atoms with Crippen molar-refractivity contribution < 1.29 is 19.1 Å². The molecule has 116 valence electrons. The standard InChI is InChI=1S/C17H19NO4/c1-2-11-22-16(21)18-15(13-7-4-3-5-8-13)17(12-19)10-6-9-14(17)20/h2-5,7-8,12,15H,1,6,9-11H2,(H,18,21). The summed E-state index contributed by atoms with van der Waals surface area (Å²) in [4.78, 5) is 35.9. The molecule has 1 fully saturated rings. The average Bonchev–Trinajstić information content (AvgIpc) is 2.93. The third kappa shape index (κ3) is 3.08. The van der Waals surface area contributed by atoms with Crippen molar-refractivity contribution in [3.8, 4) is 0 Å². The third-order valence-corrected chi connectivity index (χ3v) is 3.97. The Bertz CT molecular complexity index is 569. The van der Waals surface area contributed by atoms with Gasteiger partial charge in [-0.15, -0.1) is 0 Å². The molecule has 2 atom stereocenters. The normalized spacial score (nSPS) is 21.9. The van der Waals surface area contributed by atoms with Gasteiger partial charge in [0.2, 0.25) is 0 Å². The molecule has 0 heterocycles. The quantitative estimate of drug-likeness (QED) is 0.498. The van der Waals surface area contributed by atoms with Crippen LogP contribution in [-0.2, 0) is 14.3 Å². The maximum atomic E-state index is 12.3. The highest BCUT2D eigenvalue weighted by Gasteiger charge is 2.49. The summed E-state index contributed by atoms with van der Waals surface area (Å²) in [5, 5.41) is 2.67. The topological polar surface area (TPSA) is 72.5 Å². The van der Waals surface area contributed by atoms with Crippen LogP contribution in [0.1, 0.15) is 30.9 Å². The lowest BCUT2D eigenvalue weighted by atomic mass is 9.76. The number of Topliss-reactive ketones (excluding diaryl/α,β-unsaturated/α-hetero) is 1. The number of carbonyl (C=O) groups is 3. The number of hydrogen-bond donors (Lipinski definition) is 1. The molecule has 1 amide bonds. The molecule has 0 aromatic heterocycles. The molecule has 22 heavy (non-hydrogen) atoms. The van der Waals surface area contributed by atoms with Gasteiger partial charge in [-0.1, -0.05) is 43.0 Å². The van der Waals surface area contributed by atoms with Gasteiger partial charge >= 0.3 is 6.09 Å². The number of aldehydes is 1. The van der Waals surface area contributed by atoms with Gasteiger partial charge in [0.1, 0.15) is 24.1 Å². The van der Waals surface area contributed by atoms with E-state index in [2.05, 4.69) is 11.9 Å². The second kappa shape index (κ2) is 7.02. The number of ether oxygens (including phenoxy) is 1. The number of amides is 1. The zero-order valence-electron chi connectivity index (χ0n) is 12.3.